The van der Waals surface area contributed by atoms with E-state index < -0.39 is 0 Å². The highest BCUT2D eigenvalue weighted by Gasteiger charge is 2.34. The van der Waals surface area contributed by atoms with E-state index in [0.717, 1.165) is 36.1 Å². The van der Waals surface area contributed by atoms with Crippen molar-refractivity contribution in [1.29, 1.82) is 0 Å². The van der Waals surface area contributed by atoms with Gasteiger partial charge in [-0.1, -0.05) is 19.1 Å². The number of ether oxygens (including phenoxy) is 1. The number of amides is 1. The molecule has 0 spiro atoms. The quantitative estimate of drug-likeness (QED) is 0.851. The summed E-state index contributed by atoms with van der Waals surface area (Å²) in [6.45, 7) is 4.22. The van der Waals surface area contributed by atoms with E-state index >= 15 is 0 Å². The van der Waals surface area contributed by atoms with Gasteiger partial charge in [0.2, 0.25) is 0 Å². The first kappa shape index (κ1) is 14.3. The molecule has 1 aromatic carbocycles. The lowest BCUT2D eigenvalue weighted by atomic mass is 9.80. The van der Waals surface area contributed by atoms with Crippen molar-refractivity contribution in [3.05, 3.63) is 29.3 Å². The third-order valence-corrected chi connectivity index (χ3v) is 5.18. The molecule has 5 heteroatoms. The Morgan fingerprint density at radius 1 is 1.38 bits per heavy atom. The fourth-order valence-electron chi connectivity index (χ4n) is 2.95. The average Bonchev–Trinajstić information content (AvgIpc) is 2.94. The van der Waals surface area contributed by atoms with Crippen LogP contribution in [0.25, 0.3) is 0 Å². The second-order valence-corrected chi connectivity index (χ2v) is 6.58. The number of benzene rings is 1. The monoisotopic (exact) mass is 304 g/mol. The number of hydrogen-bond acceptors (Lipinski definition) is 3. The number of nitrogens with two attached hydrogens (primary N) is 1. The maximum atomic E-state index is 12.6. The Morgan fingerprint density at radius 2 is 2.10 bits per heavy atom. The average molecular weight is 304 g/mol. The van der Waals surface area contributed by atoms with Crippen LogP contribution in [0.4, 0.5) is 0 Å². The van der Waals surface area contributed by atoms with Crippen LogP contribution >= 0.6 is 12.2 Å². The predicted octanol–water partition coefficient (Wildman–Crippen LogP) is 2.15. The lowest BCUT2D eigenvalue weighted by Crippen LogP contribution is -2.46. The highest BCUT2D eigenvalue weighted by atomic mass is 32.1. The Hall–Kier alpha value is -1.62. The van der Waals surface area contributed by atoms with Crippen molar-refractivity contribution in [3.8, 4) is 5.75 Å². The minimum absolute atomic E-state index is 0.0923. The summed E-state index contributed by atoms with van der Waals surface area (Å²) in [7, 11) is 0. The van der Waals surface area contributed by atoms with Gasteiger partial charge in [0.1, 0.15) is 5.75 Å². The first-order chi connectivity index (χ1) is 9.99. The molecular weight excluding hydrogens is 284 g/mol. The van der Waals surface area contributed by atoms with Crippen molar-refractivity contribution in [2.24, 2.45) is 11.1 Å². The number of nitrogens with zero attached hydrogens (tertiary/aromatic N) is 1. The number of rotatable bonds is 2. The van der Waals surface area contributed by atoms with E-state index in [0.29, 0.717) is 24.7 Å². The van der Waals surface area contributed by atoms with Crippen LogP contribution < -0.4 is 10.5 Å². The van der Waals surface area contributed by atoms with Crippen molar-refractivity contribution in [1.82, 2.24) is 4.90 Å². The Bertz CT molecular complexity index is 592. The minimum atomic E-state index is -0.113. The molecule has 2 N–H and O–H groups in total. The van der Waals surface area contributed by atoms with Crippen LogP contribution in [-0.2, 0) is 6.42 Å². The maximum absolute atomic E-state index is 12.6. The van der Waals surface area contributed by atoms with Gasteiger partial charge in [0.25, 0.3) is 5.91 Å². The van der Waals surface area contributed by atoms with Crippen molar-refractivity contribution < 1.29 is 9.53 Å². The summed E-state index contributed by atoms with van der Waals surface area (Å²) >= 11 is 5.14. The van der Waals surface area contributed by atoms with E-state index in [1.165, 1.54) is 0 Å². The van der Waals surface area contributed by atoms with Crippen molar-refractivity contribution in [2.75, 3.05) is 19.7 Å². The molecule has 21 heavy (non-hydrogen) atoms. The smallest absolute Gasteiger partial charge is 0.253 e. The number of piperidine rings is 1. The highest BCUT2D eigenvalue weighted by molar-refractivity contribution is 7.80. The zero-order valence-electron chi connectivity index (χ0n) is 12.2. The summed E-state index contributed by atoms with van der Waals surface area (Å²) < 4.78 is 5.48. The number of fused-ring (bicyclic) bond motifs is 1. The first-order valence-corrected chi connectivity index (χ1v) is 7.75. The fourth-order valence-corrected chi connectivity index (χ4v) is 3.16. The SMILES string of the molecule is CC1(C(N)=S)CCN(C(=O)c2ccc3c(c2)CCO3)CC1. The van der Waals surface area contributed by atoms with Crippen LogP contribution in [0.15, 0.2) is 18.2 Å². The van der Waals surface area contributed by atoms with Gasteiger partial charge in [0.05, 0.1) is 11.6 Å². The van der Waals surface area contributed by atoms with Crippen LogP contribution in [0.5, 0.6) is 5.75 Å². The number of hydrogen-bond donors (Lipinski definition) is 1. The van der Waals surface area contributed by atoms with E-state index in [4.69, 9.17) is 22.7 Å². The fraction of sp³-hybridized carbons (Fsp3) is 0.500. The van der Waals surface area contributed by atoms with Gasteiger partial charge in [-0.15, -0.1) is 0 Å². The minimum Gasteiger partial charge on any atom is -0.493 e. The predicted molar refractivity (Wildman–Crippen MR) is 85.7 cm³/mol. The largest absolute Gasteiger partial charge is 0.493 e. The van der Waals surface area contributed by atoms with Gasteiger partial charge < -0.3 is 15.4 Å². The molecule has 3 rings (SSSR count). The van der Waals surface area contributed by atoms with Crippen LogP contribution in [0.1, 0.15) is 35.7 Å². The summed E-state index contributed by atoms with van der Waals surface area (Å²) in [4.78, 5) is 15.1. The normalized spacial score (nSPS) is 19.8. The zero-order valence-corrected chi connectivity index (χ0v) is 13.0. The molecule has 1 amide bonds. The Morgan fingerprint density at radius 3 is 2.76 bits per heavy atom. The first-order valence-electron chi connectivity index (χ1n) is 7.34. The topological polar surface area (TPSA) is 55.6 Å². The zero-order chi connectivity index (χ0) is 15.0. The molecule has 0 aliphatic carbocycles. The second kappa shape index (κ2) is 5.30. The molecule has 1 saturated heterocycles. The summed E-state index contributed by atoms with van der Waals surface area (Å²) in [5.41, 5.74) is 7.58. The molecule has 2 heterocycles. The van der Waals surface area contributed by atoms with E-state index in [9.17, 15) is 4.79 Å². The Kier molecular flexibility index (Phi) is 3.61. The molecule has 0 saturated carbocycles. The maximum Gasteiger partial charge on any atom is 0.253 e. The number of carbonyl (C=O) groups excluding carboxylic acids is 1. The van der Waals surface area contributed by atoms with Crippen LogP contribution in [0.3, 0.4) is 0 Å². The van der Waals surface area contributed by atoms with E-state index in [1.807, 2.05) is 23.1 Å². The van der Waals surface area contributed by atoms with Gasteiger partial charge in [-0.3, -0.25) is 4.79 Å². The molecule has 2 aliphatic rings. The van der Waals surface area contributed by atoms with Crippen molar-refractivity contribution in [2.45, 2.75) is 26.2 Å². The molecule has 1 fully saturated rings. The molecule has 0 unspecified atom stereocenters. The summed E-state index contributed by atoms with van der Waals surface area (Å²) in [6.07, 6.45) is 2.56. The molecule has 2 aliphatic heterocycles. The molecule has 0 bridgehead atoms. The van der Waals surface area contributed by atoms with Gasteiger partial charge in [0.15, 0.2) is 0 Å². The molecule has 0 radical (unpaired) electrons. The molecule has 4 nitrogen and oxygen atoms in total. The lowest BCUT2D eigenvalue weighted by Gasteiger charge is -2.38. The molecule has 0 atom stereocenters. The Balaban J connectivity index is 1.71. The Labute approximate surface area is 130 Å². The summed E-state index contributed by atoms with van der Waals surface area (Å²) in [6, 6.07) is 5.72. The molecule has 1 aromatic rings. The van der Waals surface area contributed by atoms with E-state index in [1.54, 1.807) is 0 Å². The summed E-state index contributed by atoms with van der Waals surface area (Å²) in [5, 5.41) is 0. The number of carbonyl (C=O) groups is 1. The van der Waals surface area contributed by atoms with Crippen molar-refractivity contribution in [3.63, 3.8) is 0 Å². The van der Waals surface area contributed by atoms with Gasteiger partial charge in [-0.2, -0.15) is 0 Å². The van der Waals surface area contributed by atoms with Crippen LogP contribution in [-0.4, -0.2) is 35.5 Å². The number of thiocarbonyl (C=S) groups is 1. The van der Waals surface area contributed by atoms with Gasteiger partial charge in [0, 0.05) is 30.5 Å². The molecule has 112 valence electrons. The van der Waals surface area contributed by atoms with Crippen molar-refractivity contribution >= 4 is 23.1 Å². The lowest BCUT2D eigenvalue weighted by molar-refractivity contribution is 0.0670. The van der Waals surface area contributed by atoms with E-state index in [2.05, 4.69) is 6.92 Å². The highest BCUT2D eigenvalue weighted by Crippen LogP contribution is 2.32. The molecule has 0 aromatic heterocycles. The van der Waals surface area contributed by atoms with Gasteiger partial charge in [-0.05, 0) is 36.6 Å². The second-order valence-electron chi connectivity index (χ2n) is 6.14. The summed E-state index contributed by atoms with van der Waals surface area (Å²) in [5.74, 6) is 1.00. The standard InChI is InChI=1S/C16H20N2O2S/c1-16(15(17)21)5-7-18(8-6-16)14(19)12-2-3-13-11(10-12)4-9-20-13/h2-3,10H,4-9H2,1H3,(H2,17,21). The van der Waals surface area contributed by atoms with E-state index in [-0.39, 0.29) is 11.3 Å². The van der Waals surface area contributed by atoms with Gasteiger partial charge in [-0.25, -0.2) is 0 Å². The van der Waals surface area contributed by atoms with Crippen LogP contribution in [0.2, 0.25) is 0 Å². The van der Waals surface area contributed by atoms with Crippen LogP contribution in [0, 0.1) is 5.41 Å². The third kappa shape index (κ3) is 2.62. The van der Waals surface area contributed by atoms with Gasteiger partial charge >= 0.3 is 0 Å². The molecular formula is C16H20N2O2S. The third-order valence-electron chi connectivity index (χ3n) is 4.69. The number of likely N-dealkylation sites (tertiary alicyclic amines) is 1.